The van der Waals surface area contributed by atoms with Gasteiger partial charge in [0.05, 0.1) is 26.2 Å². The van der Waals surface area contributed by atoms with E-state index in [-0.39, 0.29) is 24.2 Å². The number of hydrogen-bond donors (Lipinski definition) is 2. The van der Waals surface area contributed by atoms with Crippen LogP contribution in [-0.2, 0) is 9.59 Å². The smallest absolute Gasteiger partial charge is 0.262 e. The number of rotatable bonds is 11. The third-order valence-corrected chi connectivity index (χ3v) is 5.81. The average molecular weight is 494 g/mol. The maximum atomic E-state index is 12.2. The van der Waals surface area contributed by atoms with E-state index in [4.69, 9.17) is 14.2 Å². The van der Waals surface area contributed by atoms with Crippen molar-refractivity contribution in [2.24, 2.45) is 5.10 Å². The molecule has 2 N–H and O–H groups in total. The van der Waals surface area contributed by atoms with Gasteiger partial charge in [0.15, 0.2) is 18.1 Å². The largest absolute Gasteiger partial charge is 0.497 e. The molecule has 0 radical (unpaired) electrons. The highest BCUT2D eigenvalue weighted by molar-refractivity contribution is 8.00. The van der Waals surface area contributed by atoms with E-state index in [2.05, 4.69) is 15.8 Å². The van der Waals surface area contributed by atoms with Crippen molar-refractivity contribution in [3.8, 4) is 17.2 Å². The topological polar surface area (TPSA) is 98.3 Å². The van der Waals surface area contributed by atoms with Crippen molar-refractivity contribution in [3.63, 3.8) is 0 Å². The van der Waals surface area contributed by atoms with E-state index in [0.717, 1.165) is 21.9 Å². The van der Waals surface area contributed by atoms with Gasteiger partial charge in [-0.25, -0.2) is 5.43 Å². The first kappa shape index (κ1) is 25.6. The zero-order valence-corrected chi connectivity index (χ0v) is 20.6. The van der Waals surface area contributed by atoms with E-state index in [1.807, 2.05) is 55.5 Å². The molecule has 0 saturated heterocycles. The van der Waals surface area contributed by atoms with Crippen molar-refractivity contribution < 1.29 is 23.8 Å². The fraction of sp³-hybridized carbons (Fsp3) is 0.192. The van der Waals surface area contributed by atoms with Crippen LogP contribution in [0.3, 0.4) is 0 Å². The summed E-state index contributed by atoms with van der Waals surface area (Å²) >= 11 is 1.40. The van der Waals surface area contributed by atoms with Crippen LogP contribution in [-0.4, -0.2) is 44.6 Å². The second kappa shape index (κ2) is 13.0. The molecule has 0 aromatic heterocycles. The second-order valence-electron chi connectivity index (χ2n) is 7.32. The highest BCUT2D eigenvalue weighted by Gasteiger charge is 2.10. The fourth-order valence-corrected chi connectivity index (χ4v) is 3.65. The van der Waals surface area contributed by atoms with Gasteiger partial charge in [-0.2, -0.15) is 5.10 Å². The number of ether oxygens (including phenoxy) is 3. The SMILES string of the molecule is COc1ccc(SCC(=O)N/N=C/c2ccc(OCC(=O)Nc3ccccc3C)c(OC)c2)cc1. The van der Waals surface area contributed by atoms with Crippen molar-refractivity contribution in [2.45, 2.75) is 11.8 Å². The quantitative estimate of drug-likeness (QED) is 0.235. The predicted octanol–water partition coefficient (Wildman–Crippen LogP) is 4.27. The van der Waals surface area contributed by atoms with E-state index in [1.165, 1.54) is 25.1 Å². The second-order valence-corrected chi connectivity index (χ2v) is 8.37. The lowest BCUT2D eigenvalue weighted by Gasteiger charge is -2.12. The molecule has 0 unspecified atom stereocenters. The molecule has 0 bridgehead atoms. The maximum Gasteiger partial charge on any atom is 0.262 e. The lowest BCUT2D eigenvalue weighted by Crippen LogP contribution is -2.20. The van der Waals surface area contributed by atoms with Crippen LogP contribution in [0.2, 0.25) is 0 Å². The molecule has 3 aromatic rings. The van der Waals surface area contributed by atoms with E-state index in [9.17, 15) is 9.59 Å². The summed E-state index contributed by atoms with van der Waals surface area (Å²) in [5, 5.41) is 6.82. The van der Waals surface area contributed by atoms with Crippen molar-refractivity contribution in [3.05, 3.63) is 77.9 Å². The summed E-state index contributed by atoms with van der Waals surface area (Å²) < 4.78 is 16.1. The maximum absolute atomic E-state index is 12.2. The molecule has 0 fully saturated rings. The first-order chi connectivity index (χ1) is 17.0. The van der Waals surface area contributed by atoms with E-state index >= 15 is 0 Å². The number of anilines is 1. The molecule has 0 atom stereocenters. The first-order valence-corrected chi connectivity index (χ1v) is 11.7. The van der Waals surface area contributed by atoms with Crippen LogP contribution in [0.25, 0.3) is 0 Å². The normalized spacial score (nSPS) is 10.6. The number of amides is 2. The summed E-state index contributed by atoms with van der Waals surface area (Å²) in [6.07, 6.45) is 1.51. The zero-order valence-electron chi connectivity index (χ0n) is 19.7. The Hall–Kier alpha value is -3.98. The molecule has 0 aliphatic rings. The molecule has 2 amide bonds. The Bertz CT molecular complexity index is 1180. The summed E-state index contributed by atoms with van der Waals surface area (Å²) in [5.41, 5.74) is 4.91. The molecular formula is C26H27N3O5S. The number of carbonyl (C=O) groups is 2. The third kappa shape index (κ3) is 8.08. The van der Waals surface area contributed by atoms with Gasteiger partial charge >= 0.3 is 0 Å². The number of hydrazone groups is 1. The van der Waals surface area contributed by atoms with Gasteiger partial charge in [0.25, 0.3) is 5.91 Å². The summed E-state index contributed by atoms with van der Waals surface area (Å²) in [4.78, 5) is 25.2. The van der Waals surface area contributed by atoms with Crippen molar-refractivity contribution >= 4 is 35.5 Å². The lowest BCUT2D eigenvalue weighted by molar-refractivity contribution is -0.119. The Labute approximate surface area is 208 Å². The molecule has 0 heterocycles. The van der Waals surface area contributed by atoms with Crippen LogP contribution < -0.4 is 25.0 Å². The Morgan fingerprint density at radius 2 is 1.71 bits per heavy atom. The van der Waals surface area contributed by atoms with E-state index in [1.54, 1.807) is 25.3 Å². The summed E-state index contributed by atoms with van der Waals surface area (Å²) in [5.74, 6) is 1.35. The van der Waals surface area contributed by atoms with Gasteiger partial charge in [-0.15, -0.1) is 11.8 Å². The van der Waals surface area contributed by atoms with Crippen LogP contribution >= 0.6 is 11.8 Å². The van der Waals surface area contributed by atoms with E-state index in [0.29, 0.717) is 17.1 Å². The molecule has 0 spiro atoms. The van der Waals surface area contributed by atoms with Crippen LogP contribution in [0.5, 0.6) is 17.2 Å². The van der Waals surface area contributed by atoms with Gasteiger partial charge in [0.1, 0.15) is 5.75 Å². The van der Waals surface area contributed by atoms with Crippen molar-refractivity contribution in [2.75, 3.05) is 31.9 Å². The average Bonchev–Trinajstić information content (AvgIpc) is 2.88. The van der Waals surface area contributed by atoms with Crippen molar-refractivity contribution in [1.29, 1.82) is 0 Å². The summed E-state index contributed by atoms with van der Waals surface area (Å²) in [6, 6.07) is 20.1. The first-order valence-electron chi connectivity index (χ1n) is 10.7. The van der Waals surface area contributed by atoms with Gasteiger partial charge in [-0.3, -0.25) is 9.59 Å². The monoisotopic (exact) mass is 493 g/mol. The van der Waals surface area contributed by atoms with Crippen LogP contribution in [0, 0.1) is 6.92 Å². The number of nitrogens with one attached hydrogen (secondary N) is 2. The number of para-hydroxylation sites is 1. The van der Waals surface area contributed by atoms with Crippen LogP contribution in [0.15, 0.2) is 76.7 Å². The molecule has 0 saturated carbocycles. The Kier molecular flexibility index (Phi) is 9.56. The molecule has 0 aliphatic heterocycles. The molecule has 35 heavy (non-hydrogen) atoms. The highest BCUT2D eigenvalue weighted by atomic mass is 32.2. The van der Waals surface area contributed by atoms with Crippen molar-refractivity contribution in [1.82, 2.24) is 5.43 Å². The lowest BCUT2D eigenvalue weighted by atomic mass is 10.2. The number of carbonyl (C=O) groups excluding carboxylic acids is 2. The number of benzene rings is 3. The third-order valence-electron chi connectivity index (χ3n) is 4.80. The number of thioether (sulfide) groups is 1. The standard InChI is InChI=1S/C26H27N3O5S/c1-18-6-4-5-7-22(18)28-25(30)16-34-23-13-8-19(14-24(23)33-3)15-27-29-26(31)17-35-21-11-9-20(32-2)10-12-21/h4-15H,16-17H2,1-3H3,(H,28,30)(H,29,31)/b27-15+. The molecule has 9 heteroatoms. The molecule has 3 aromatic carbocycles. The highest BCUT2D eigenvalue weighted by Crippen LogP contribution is 2.27. The Balaban J connectivity index is 1.48. The number of hydrogen-bond acceptors (Lipinski definition) is 7. The summed E-state index contributed by atoms with van der Waals surface area (Å²) in [6.45, 7) is 1.75. The number of aryl methyl sites for hydroxylation is 1. The fourth-order valence-electron chi connectivity index (χ4n) is 2.96. The minimum absolute atomic E-state index is 0.167. The minimum atomic E-state index is -0.276. The number of methoxy groups -OCH3 is 2. The van der Waals surface area contributed by atoms with Gasteiger partial charge < -0.3 is 19.5 Å². The molecule has 182 valence electrons. The molecular weight excluding hydrogens is 466 g/mol. The molecule has 0 aliphatic carbocycles. The Morgan fingerprint density at radius 1 is 0.943 bits per heavy atom. The van der Waals surface area contributed by atoms with Gasteiger partial charge in [-0.05, 0) is 66.6 Å². The van der Waals surface area contributed by atoms with Crippen LogP contribution in [0.4, 0.5) is 5.69 Å². The number of nitrogens with zero attached hydrogens (tertiary/aromatic N) is 1. The Morgan fingerprint density at radius 3 is 2.43 bits per heavy atom. The van der Waals surface area contributed by atoms with Gasteiger partial charge in [0, 0.05) is 10.6 Å². The van der Waals surface area contributed by atoms with Gasteiger partial charge in [-0.1, -0.05) is 18.2 Å². The van der Waals surface area contributed by atoms with E-state index < -0.39 is 0 Å². The molecule has 3 rings (SSSR count). The summed E-state index contributed by atoms with van der Waals surface area (Å²) in [7, 11) is 3.12. The predicted molar refractivity (Wildman–Crippen MR) is 138 cm³/mol. The van der Waals surface area contributed by atoms with Gasteiger partial charge in [0.2, 0.25) is 5.91 Å². The minimum Gasteiger partial charge on any atom is -0.497 e. The zero-order chi connectivity index (χ0) is 25.0. The molecule has 8 nitrogen and oxygen atoms in total. The van der Waals surface area contributed by atoms with Crippen LogP contribution in [0.1, 0.15) is 11.1 Å².